The Hall–Kier alpha value is -2.87. The first kappa shape index (κ1) is 12.6. The highest BCUT2D eigenvalue weighted by atomic mass is 16.5. The fourth-order valence-electron chi connectivity index (χ4n) is 1.54. The van der Waals surface area contributed by atoms with Crippen molar-refractivity contribution >= 4 is 11.6 Å². The minimum Gasteiger partial charge on any atom is -0.495 e. The van der Waals surface area contributed by atoms with E-state index in [4.69, 9.17) is 10.00 Å². The molecule has 0 bridgehead atoms. The SMILES string of the molecule is COc1cncc(C(=O)Nc2ccccc2C#N)c1. The van der Waals surface area contributed by atoms with Gasteiger partial charge in [0, 0.05) is 6.20 Å². The number of pyridine rings is 1. The maximum atomic E-state index is 12.0. The smallest absolute Gasteiger partial charge is 0.257 e. The molecule has 2 aromatic rings. The van der Waals surface area contributed by atoms with Gasteiger partial charge in [0.1, 0.15) is 11.8 Å². The molecule has 1 N–H and O–H groups in total. The summed E-state index contributed by atoms with van der Waals surface area (Å²) in [6.07, 6.45) is 2.95. The Morgan fingerprint density at radius 3 is 2.89 bits per heavy atom. The summed E-state index contributed by atoms with van der Waals surface area (Å²) in [5, 5.41) is 11.6. The molecule has 1 amide bonds. The second-order valence-electron chi connectivity index (χ2n) is 3.72. The summed E-state index contributed by atoms with van der Waals surface area (Å²) < 4.78 is 5.01. The lowest BCUT2D eigenvalue weighted by Gasteiger charge is -2.07. The van der Waals surface area contributed by atoms with E-state index in [1.165, 1.54) is 19.5 Å². The number of aromatic nitrogens is 1. The first-order chi connectivity index (χ1) is 9.24. The number of amides is 1. The monoisotopic (exact) mass is 253 g/mol. The van der Waals surface area contributed by atoms with Crippen LogP contribution in [0, 0.1) is 11.3 Å². The Labute approximate surface area is 110 Å². The molecule has 0 aliphatic heterocycles. The molecule has 0 aliphatic carbocycles. The van der Waals surface area contributed by atoms with E-state index in [9.17, 15) is 4.79 Å². The maximum Gasteiger partial charge on any atom is 0.257 e. The van der Waals surface area contributed by atoms with Crippen LogP contribution in [0.4, 0.5) is 5.69 Å². The van der Waals surface area contributed by atoms with E-state index in [-0.39, 0.29) is 5.91 Å². The summed E-state index contributed by atoms with van der Waals surface area (Å²) in [5.41, 5.74) is 1.25. The van der Waals surface area contributed by atoms with E-state index in [1.807, 2.05) is 6.07 Å². The number of para-hydroxylation sites is 1. The summed E-state index contributed by atoms with van der Waals surface area (Å²) in [6, 6.07) is 10.4. The highest BCUT2D eigenvalue weighted by Gasteiger charge is 2.09. The maximum absolute atomic E-state index is 12.0. The van der Waals surface area contributed by atoms with Crippen molar-refractivity contribution in [2.75, 3.05) is 12.4 Å². The number of nitrogens with one attached hydrogen (secondary N) is 1. The number of nitriles is 1. The largest absolute Gasteiger partial charge is 0.495 e. The molecule has 0 atom stereocenters. The second kappa shape index (κ2) is 5.65. The van der Waals surface area contributed by atoms with E-state index < -0.39 is 0 Å². The summed E-state index contributed by atoms with van der Waals surface area (Å²) in [5.74, 6) is 0.162. The molecule has 0 saturated carbocycles. The average Bonchev–Trinajstić information content (AvgIpc) is 2.47. The Kier molecular flexibility index (Phi) is 3.74. The number of anilines is 1. The number of ether oxygens (including phenoxy) is 1. The molecule has 0 spiro atoms. The first-order valence-electron chi connectivity index (χ1n) is 5.54. The Bertz CT molecular complexity index is 647. The number of carbonyl (C=O) groups excluding carboxylic acids is 1. The number of rotatable bonds is 3. The topological polar surface area (TPSA) is 75.0 Å². The van der Waals surface area contributed by atoms with E-state index in [0.29, 0.717) is 22.6 Å². The van der Waals surface area contributed by atoms with Gasteiger partial charge in [0.15, 0.2) is 0 Å². The lowest BCUT2D eigenvalue weighted by molar-refractivity contribution is 0.102. The number of hydrogen-bond donors (Lipinski definition) is 1. The number of carbonyl (C=O) groups is 1. The van der Waals surface area contributed by atoms with E-state index in [1.54, 1.807) is 30.3 Å². The molecule has 19 heavy (non-hydrogen) atoms. The van der Waals surface area contributed by atoms with E-state index in [0.717, 1.165) is 0 Å². The summed E-state index contributed by atoms with van der Waals surface area (Å²) >= 11 is 0. The highest BCUT2D eigenvalue weighted by Crippen LogP contribution is 2.16. The zero-order valence-electron chi connectivity index (χ0n) is 10.3. The van der Waals surface area contributed by atoms with Crippen LogP contribution in [-0.2, 0) is 0 Å². The zero-order chi connectivity index (χ0) is 13.7. The predicted molar refractivity (Wildman–Crippen MR) is 69.9 cm³/mol. The fourth-order valence-corrected chi connectivity index (χ4v) is 1.54. The van der Waals surface area contributed by atoms with Crippen molar-refractivity contribution in [1.29, 1.82) is 5.26 Å². The molecule has 5 heteroatoms. The molecule has 2 rings (SSSR count). The van der Waals surface area contributed by atoms with Gasteiger partial charge in [-0.2, -0.15) is 5.26 Å². The van der Waals surface area contributed by atoms with Gasteiger partial charge in [-0.05, 0) is 18.2 Å². The van der Waals surface area contributed by atoms with Crippen LogP contribution in [0.2, 0.25) is 0 Å². The molecule has 1 aromatic carbocycles. The van der Waals surface area contributed by atoms with Crippen LogP contribution in [-0.4, -0.2) is 18.0 Å². The molecule has 1 heterocycles. The number of methoxy groups -OCH3 is 1. The van der Waals surface area contributed by atoms with Crippen LogP contribution in [0.25, 0.3) is 0 Å². The lowest BCUT2D eigenvalue weighted by atomic mass is 10.2. The van der Waals surface area contributed by atoms with Gasteiger partial charge in [-0.25, -0.2) is 0 Å². The third-order valence-corrected chi connectivity index (χ3v) is 2.51. The summed E-state index contributed by atoms with van der Waals surface area (Å²) in [4.78, 5) is 15.9. The van der Waals surface area contributed by atoms with Crippen LogP contribution < -0.4 is 10.1 Å². The summed E-state index contributed by atoms with van der Waals surface area (Å²) in [7, 11) is 1.50. The van der Waals surface area contributed by atoms with E-state index in [2.05, 4.69) is 10.3 Å². The quantitative estimate of drug-likeness (QED) is 0.910. The van der Waals surface area contributed by atoms with E-state index >= 15 is 0 Å². The molecule has 0 radical (unpaired) electrons. The Morgan fingerprint density at radius 2 is 2.16 bits per heavy atom. The summed E-state index contributed by atoms with van der Waals surface area (Å²) in [6.45, 7) is 0. The van der Waals surface area contributed by atoms with Crippen molar-refractivity contribution in [3.8, 4) is 11.8 Å². The third kappa shape index (κ3) is 2.87. The molecule has 0 saturated heterocycles. The molecule has 1 aromatic heterocycles. The molecule has 5 nitrogen and oxygen atoms in total. The van der Waals surface area contributed by atoms with Crippen molar-refractivity contribution in [3.05, 3.63) is 53.9 Å². The third-order valence-electron chi connectivity index (χ3n) is 2.51. The van der Waals surface area contributed by atoms with Gasteiger partial charge in [-0.15, -0.1) is 0 Å². The first-order valence-corrected chi connectivity index (χ1v) is 5.54. The molecule has 0 unspecified atom stereocenters. The molecular weight excluding hydrogens is 242 g/mol. The van der Waals surface area contributed by atoms with Crippen molar-refractivity contribution in [1.82, 2.24) is 4.98 Å². The van der Waals surface area contributed by atoms with Crippen LogP contribution in [0.1, 0.15) is 15.9 Å². The lowest BCUT2D eigenvalue weighted by Crippen LogP contribution is -2.13. The fraction of sp³-hybridized carbons (Fsp3) is 0.0714. The minimum absolute atomic E-state index is 0.339. The zero-order valence-corrected chi connectivity index (χ0v) is 10.3. The van der Waals surface area contributed by atoms with Gasteiger partial charge in [-0.3, -0.25) is 9.78 Å². The van der Waals surface area contributed by atoms with Crippen LogP contribution in [0.3, 0.4) is 0 Å². The predicted octanol–water partition coefficient (Wildman–Crippen LogP) is 2.21. The molecular formula is C14H11N3O2. The van der Waals surface area contributed by atoms with Gasteiger partial charge in [0.05, 0.1) is 30.1 Å². The minimum atomic E-state index is -0.339. The van der Waals surface area contributed by atoms with Gasteiger partial charge >= 0.3 is 0 Å². The number of nitrogens with zero attached hydrogens (tertiary/aromatic N) is 2. The Balaban J connectivity index is 2.23. The van der Waals surface area contributed by atoms with Crippen molar-refractivity contribution in [3.63, 3.8) is 0 Å². The van der Waals surface area contributed by atoms with Crippen molar-refractivity contribution in [2.24, 2.45) is 0 Å². The van der Waals surface area contributed by atoms with Gasteiger partial charge in [0.25, 0.3) is 5.91 Å². The normalized spacial score (nSPS) is 9.47. The molecule has 0 fully saturated rings. The number of benzene rings is 1. The Morgan fingerprint density at radius 1 is 1.37 bits per heavy atom. The molecule has 0 aliphatic rings. The van der Waals surface area contributed by atoms with Gasteiger partial charge in [-0.1, -0.05) is 12.1 Å². The van der Waals surface area contributed by atoms with Gasteiger partial charge < -0.3 is 10.1 Å². The van der Waals surface area contributed by atoms with Crippen molar-refractivity contribution < 1.29 is 9.53 Å². The molecule has 94 valence electrons. The van der Waals surface area contributed by atoms with Crippen molar-refractivity contribution in [2.45, 2.75) is 0 Å². The van der Waals surface area contributed by atoms with Crippen LogP contribution in [0.5, 0.6) is 5.75 Å². The second-order valence-corrected chi connectivity index (χ2v) is 3.72. The van der Waals surface area contributed by atoms with Crippen LogP contribution >= 0.6 is 0 Å². The number of hydrogen-bond acceptors (Lipinski definition) is 4. The standard InChI is InChI=1S/C14H11N3O2/c1-19-12-6-11(8-16-9-12)14(18)17-13-5-3-2-4-10(13)7-15/h2-6,8-9H,1H3,(H,17,18). The highest BCUT2D eigenvalue weighted by molar-refractivity contribution is 6.04. The van der Waals surface area contributed by atoms with Crippen LogP contribution in [0.15, 0.2) is 42.7 Å². The van der Waals surface area contributed by atoms with Gasteiger partial charge in [0.2, 0.25) is 0 Å². The average molecular weight is 253 g/mol.